The molecule has 1 aromatic carbocycles. The van der Waals surface area contributed by atoms with Crippen LogP contribution in [-0.4, -0.2) is 30.6 Å². The summed E-state index contributed by atoms with van der Waals surface area (Å²) in [5.74, 6) is 0.175. The van der Waals surface area contributed by atoms with Gasteiger partial charge in [0.05, 0.1) is 12.8 Å². The van der Waals surface area contributed by atoms with Crippen LogP contribution in [0.15, 0.2) is 23.3 Å². The van der Waals surface area contributed by atoms with Gasteiger partial charge in [0, 0.05) is 11.6 Å². The van der Waals surface area contributed by atoms with E-state index in [0.717, 1.165) is 0 Å². The van der Waals surface area contributed by atoms with Gasteiger partial charge in [0.15, 0.2) is 16.6 Å². The number of halogens is 2. The van der Waals surface area contributed by atoms with Crippen molar-refractivity contribution in [2.45, 2.75) is 33.4 Å². The average Bonchev–Trinajstić information content (AvgIpc) is 2.43. The van der Waals surface area contributed by atoms with Gasteiger partial charge in [0.25, 0.3) is 0 Å². The van der Waals surface area contributed by atoms with Crippen LogP contribution in [0, 0.1) is 0 Å². The summed E-state index contributed by atoms with van der Waals surface area (Å²) in [6.07, 6.45) is 0. The van der Waals surface area contributed by atoms with Crippen molar-refractivity contribution in [3.05, 3.63) is 23.8 Å². The number of benzene rings is 1. The molecule has 1 aromatic rings. The van der Waals surface area contributed by atoms with Crippen LogP contribution < -0.4 is 20.2 Å². The molecule has 22 heavy (non-hydrogen) atoms. The predicted octanol–water partition coefficient (Wildman–Crippen LogP) is 2.89. The smallest absolute Gasteiger partial charge is 0.387 e. The molecule has 0 saturated carbocycles. The van der Waals surface area contributed by atoms with E-state index >= 15 is 0 Å². The Balaban J connectivity index is 2.85. The quantitative estimate of drug-likeness (QED) is 0.477. The van der Waals surface area contributed by atoms with Crippen LogP contribution in [0.1, 0.15) is 26.3 Å². The van der Waals surface area contributed by atoms with Crippen molar-refractivity contribution >= 4 is 23.0 Å². The van der Waals surface area contributed by atoms with Crippen molar-refractivity contribution in [2.24, 2.45) is 5.10 Å². The molecule has 0 aromatic heterocycles. The van der Waals surface area contributed by atoms with E-state index in [1.807, 2.05) is 13.8 Å². The minimum absolute atomic E-state index is 0.0287. The van der Waals surface area contributed by atoms with Gasteiger partial charge in [-0.1, -0.05) is 0 Å². The Labute approximate surface area is 133 Å². The van der Waals surface area contributed by atoms with E-state index in [1.54, 1.807) is 19.1 Å². The lowest BCUT2D eigenvalue weighted by molar-refractivity contribution is -0.0512. The standard InChI is InChI=1S/C14H19F2N3O2S/c1-8(2)17-14(22)19-18-9(3)10-5-6-11(21-13(15)16)12(7-10)20-4/h5-8,13H,1-4H3,(H2,17,19,22)/b18-9-. The fourth-order valence-corrected chi connectivity index (χ4v) is 1.86. The summed E-state index contributed by atoms with van der Waals surface area (Å²) in [4.78, 5) is 0. The number of hydrogen-bond donors (Lipinski definition) is 2. The minimum atomic E-state index is -2.91. The summed E-state index contributed by atoms with van der Waals surface area (Å²) in [7, 11) is 1.38. The SMILES string of the molecule is COc1cc(/C(C)=N\NC(=S)NC(C)C)ccc1OC(F)F. The highest BCUT2D eigenvalue weighted by atomic mass is 32.1. The summed E-state index contributed by atoms with van der Waals surface area (Å²) in [6.45, 7) is 2.76. The van der Waals surface area contributed by atoms with Crippen LogP contribution >= 0.6 is 12.2 Å². The number of nitrogens with zero attached hydrogens (tertiary/aromatic N) is 1. The molecule has 2 N–H and O–H groups in total. The maximum Gasteiger partial charge on any atom is 0.387 e. The zero-order chi connectivity index (χ0) is 16.7. The lowest BCUT2D eigenvalue weighted by Gasteiger charge is -2.12. The second-order valence-electron chi connectivity index (χ2n) is 4.68. The molecule has 5 nitrogen and oxygen atoms in total. The fraction of sp³-hybridized carbons (Fsp3) is 0.429. The number of ether oxygens (including phenoxy) is 2. The Morgan fingerprint density at radius 1 is 1.27 bits per heavy atom. The van der Waals surface area contributed by atoms with Crippen molar-refractivity contribution in [2.75, 3.05) is 7.11 Å². The maximum absolute atomic E-state index is 12.3. The highest BCUT2D eigenvalue weighted by molar-refractivity contribution is 7.80. The lowest BCUT2D eigenvalue weighted by atomic mass is 10.1. The highest BCUT2D eigenvalue weighted by Gasteiger charge is 2.12. The summed E-state index contributed by atoms with van der Waals surface area (Å²) in [5, 5.41) is 7.52. The molecule has 0 aliphatic heterocycles. The Morgan fingerprint density at radius 3 is 2.50 bits per heavy atom. The number of rotatable bonds is 6. The van der Waals surface area contributed by atoms with E-state index in [1.165, 1.54) is 13.2 Å². The van der Waals surface area contributed by atoms with Crippen LogP contribution in [0.25, 0.3) is 0 Å². The Kier molecular flexibility index (Phi) is 6.97. The highest BCUT2D eigenvalue weighted by Crippen LogP contribution is 2.29. The van der Waals surface area contributed by atoms with Gasteiger partial charge in [-0.05, 0) is 51.2 Å². The zero-order valence-electron chi connectivity index (χ0n) is 12.8. The van der Waals surface area contributed by atoms with Crippen LogP contribution in [-0.2, 0) is 0 Å². The Morgan fingerprint density at radius 2 is 1.95 bits per heavy atom. The largest absolute Gasteiger partial charge is 0.493 e. The van der Waals surface area contributed by atoms with Crippen LogP contribution in [0.3, 0.4) is 0 Å². The molecule has 0 aliphatic rings. The molecule has 8 heteroatoms. The van der Waals surface area contributed by atoms with Gasteiger partial charge in [-0.2, -0.15) is 13.9 Å². The first kappa shape index (κ1) is 18.1. The second-order valence-corrected chi connectivity index (χ2v) is 5.09. The molecule has 0 unspecified atom stereocenters. The van der Waals surface area contributed by atoms with Gasteiger partial charge in [-0.15, -0.1) is 0 Å². The number of thiocarbonyl (C=S) groups is 1. The van der Waals surface area contributed by atoms with Crippen molar-refractivity contribution in [1.82, 2.24) is 10.7 Å². The molecule has 0 atom stereocenters. The number of hydrogen-bond acceptors (Lipinski definition) is 4. The van der Waals surface area contributed by atoms with Crippen LogP contribution in [0.4, 0.5) is 8.78 Å². The fourth-order valence-electron chi connectivity index (χ4n) is 1.58. The van der Waals surface area contributed by atoms with Gasteiger partial charge < -0.3 is 14.8 Å². The van der Waals surface area contributed by atoms with E-state index in [2.05, 4.69) is 20.6 Å². The summed E-state index contributed by atoms with van der Waals surface area (Å²) >= 11 is 5.06. The van der Waals surface area contributed by atoms with Crippen molar-refractivity contribution < 1.29 is 18.3 Å². The average molecular weight is 331 g/mol. The molecule has 0 heterocycles. The lowest BCUT2D eigenvalue weighted by Crippen LogP contribution is -2.37. The summed E-state index contributed by atoms with van der Waals surface area (Å²) < 4.78 is 34.0. The molecule has 0 aliphatic carbocycles. The summed E-state index contributed by atoms with van der Waals surface area (Å²) in [5.41, 5.74) is 4.03. The Hall–Kier alpha value is -1.96. The van der Waals surface area contributed by atoms with Crippen molar-refractivity contribution in [3.8, 4) is 11.5 Å². The van der Waals surface area contributed by atoms with E-state index in [-0.39, 0.29) is 17.5 Å². The molecule has 0 bridgehead atoms. The van der Waals surface area contributed by atoms with Gasteiger partial charge in [-0.25, -0.2) is 0 Å². The van der Waals surface area contributed by atoms with Crippen molar-refractivity contribution in [3.63, 3.8) is 0 Å². The third-order valence-corrected chi connectivity index (χ3v) is 2.75. The number of methoxy groups -OCH3 is 1. The molecule has 0 radical (unpaired) electrons. The normalized spacial score (nSPS) is 11.5. The van der Waals surface area contributed by atoms with Gasteiger partial charge in [-0.3, -0.25) is 5.43 Å². The molecular formula is C14H19F2N3O2S. The first-order chi connectivity index (χ1) is 10.3. The van der Waals surface area contributed by atoms with E-state index in [0.29, 0.717) is 16.4 Å². The van der Waals surface area contributed by atoms with Gasteiger partial charge in [0.1, 0.15) is 0 Å². The molecule has 1 rings (SSSR count). The zero-order valence-corrected chi connectivity index (χ0v) is 13.6. The molecule has 122 valence electrons. The molecule has 0 amide bonds. The van der Waals surface area contributed by atoms with Gasteiger partial charge in [0.2, 0.25) is 0 Å². The van der Waals surface area contributed by atoms with Crippen molar-refractivity contribution in [1.29, 1.82) is 0 Å². The van der Waals surface area contributed by atoms with Crippen LogP contribution in [0.5, 0.6) is 11.5 Å². The summed E-state index contributed by atoms with van der Waals surface area (Å²) in [6, 6.07) is 4.78. The number of alkyl halides is 2. The van der Waals surface area contributed by atoms with Crippen LogP contribution in [0.2, 0.25) is 0 Å². The molecule has 0 fully saturated rings. The van der Waals surface area contributed by atoms with Gasteiger partial charge >= 0.3 is 6.61 Å². The monoisotopic (exact) mass is 331 g/mol. The number of hydrazone groups is 1. The third kappa shape index (κ3) is 5.80. The van der Waals surface area contributed by atoms with E-state index in [4.69, 9.17) is 17.0 Å². The second kappa shape index (κ2) is 8.47. The van der Waals surface area contributed by atoms with E-state index < -0.39 is 6.61 Å². The molecule has 0 spiro atoms. The van der Waals surface area contributed by atoms with E-state index in [9.17, 15) is 8.78 Å². The molecule has 0 saturated heterocycles. The Bertz CT molecular complexity index is 551. The topological polar surface area (TPSA) is 54.9 Å². The molecular weight excluding hydrogens is 312 g/mol. The third-order valence-electron chi connectivity index (χ3n) is 2.54. The minimum Gasteiger partial charge on any atom is -0.493 e. The maximum atomic E-state index is 12.3. The predicted molar refractivity (Wildman–Crippen MR) is 85.8 cm³/mol. The first-order valence-corrected chi connectivity index (χ1v) is 6.98. The first-order valence-electron chi connectivity index (χ1n) is 6.57. The number of nitrogens with one attached hydrogen (secondary N) is 2.